The van der Waals surface area contributed by atoms with Crippen molar-refractivity contribution >= 4 is 98.1 Å². The van der Waals surface area contributed by atoms with Crippen LogP contribution in [0.3, 0.4) is 0 Å². The van der Waals surface area contributed by atoms with Gasteiger partial charge >= 0.3 is 0 Å². The second kappa shape index (κ2) is 19.3. The molecule has 0 aromatic heterocycles. The Morgan fingerprint density at radius 3 is 0.848 bits per heavy atom. The number of rotatable bonds is 14. The molecule has 6 aromatic carbocycles. The van der Waals surface area contributed by atoms with Gasteiger partial charge in [0.2, 0.25) is 0 Å². The fourth-order valence-electron chi connectivity index (χ4n) is 5.89. The van der Waals surface area contributed by atoms with E-state index >= 15 is 0 Å². The van der Waals surface area contributed by atoms with E-state index in [1.54, 1.807) is 52.0 Å². The molecule has 0 saturated carbocycles. The molecule has 0 saturated heterocycles. The average molecular weight is 973 g/mol. The Morgan fingerprint density at radius 2 is 0.591 bits per heavy atom. The number of benzene rings is 6. The summed E-state index contributed by atoms with van der Waals surface area (Å²) in [5, 5.41) is 33.4. The molecule has 0 spiro atoms. The lowest BCUT2D eigenvalue weighted by molar-refractivity contribution is 0.480. The van der Waals surface area contributed by atoms with E-state index in [4.69, 9.17) is 9.11 Å². The van der Waals surface area contributed by atoms with Gasteiger partial charge in [0.25, 0.3) is 40.5 Å². The molecule has 340 valence electrons. The molecule has 0 aliphatic carbocycles. The lowest BCUT2D eigenvalue weighted by atomic mass is 10.1. The zero-order chi connectivity index (χ0) is 48.2. The number of nitrogens with zero attached hydrogens (tertiary/aromatic N) is 8. The third-order valence-corrected chi connectivity index (χ3v) is 12.9. The van der Waals surface area contributed by atoms with E-state index in [1.165, 1.54) is 84.9 Å². The normalized spacial score (nSPS) is 13.0. The summed E-state index contributed by atoms with van der Waals surface area (Å²) < 4.78 is 134. The van der Waals surface area contributed by atoms with Crippen LogP contribution in [0.15, 0.2) is 170 Å². The van der Waals surface area contributed by atoms with Crippen molar-refractivity contribution in [3.63, 3.8) is 0 Å². The Bertz CT molecular complexity index is 3270. The minimum Gasteiger partial charge on any atom is -0.282 e. The molecular formula is C42H36N8O12S4. The van der Waals surface area contributed by atoms with Gasteiger partial charge in [-0.25, -0.2) is 0 Å². The van der Waals surface area contributed by atoms with Gasteiger partial charge in [0.1, 0.15) is 9.79 Å². The predicted octanol–water partition coefficient (Wildman–Crippen LogP) is 11.7. The minimum absolute atomic E-state index is 0.0399. The molecule has 6 aromatic rings. The first-order valence-corrected chi connectivity index (χ1v) is 24.6. The SMILES string of the molecule is Cc1cc(N=Nc2ccc(/C=C/c3ccc(N=Nc4cc(C)c(N=Nc5ccc(S(=O)(=O)O)cc5)cc4C)cc3S(=O)(=O)O)c(S(=O)(=O)O)c2)c(C)cc1N=Nc1ccc(S(=O)(=O)O)cc1. The molecule has 0 aliphatic heterocycles. The quantitative estimate of drug-likeness (QED) is 0.0450. The lowest BCUT2D eigenvalue weighted by Gasteiger charge is -2.07. The second-order valence-electron chi connectivity index (χ2n) is 14.3. The van der Waals surface area contributed by atoms with Crippen LogP contribution in [0.25, 0.3) is 12.2 Å². The van der Waals surface area contributed by atoms with E-state index in [1.807, 2.05) is 0 Å². The summed E-state index contributed by atoms with van der Waals surface area (Å²) in [5.41, 5.74) is 4.87. The van der Waals surface area contributed by atoms with Crippen LogP contribution in [0.1, 0.15) is 33.4 Å². The van der Waals surface area contributed by atoms with Crippen LogP contribution >= 0.6 is 0 Å². The van der Waals surface area contributed by atoms with Crippen LogP contribution in [0.4, 0.5) is 45.5 Å². The van der Waals surface area contributed by atoms with Gasteiger partial charge in [0.05, 0.1) is 55.3 Å². The molecule has 66 heavy (non-hydrogen) atoms. The molecule has 0 atom stereocenters. The molecule has 6 rings (SSSR count). The molecule has 0 radical (unpaired) electrons. The molecule has 20 nitrogen and oxygen atoms in total. The lowest BCUT2D eigenvalue weighted by Crippen LogP contribution is -2.01. The topological polar surface area (TPSA) is 316 Å². The highest BCUT2D eigenvalue weighted by Gasteiger charge is 2.18. The van der Waals surface area contributed by atoms with Crippen molar-refractivity contribution in [2.75, 3.05) is 0 Å². The molecule has 0 heterocycles. The first-order valence-electron chi connectivity index (χ1n) is 18.8. The summed E-state index contributed by atoms with van der Waals surface area (Å²) in [6.45, 7) is 6.92. The van der Waals surface area contributed by atoms with Gasteiger partial charge in [-0.15, -0.1) is 0 Å². The van der Waals surface area contributed by atoms with Crippen molar-refractivity contribution in [3.8, 4) is 0 Å². The predicted molar refractivity (Wildman–Crippen MR) is 242 cm³/mol. The smallest absolute Gasteiger partial charge is 0.282 e. The highest BCUT2D eigenvalue weighted by Crippen LogP contribution is 2.35. The van der Waals surface area contributed by atoms with Crippen LogP contribution in [0.2, 0.25) is 0 Å². The Balaban J connectivity index is 1.19. The largest absolute Gasteiger partial charge is 0.295 e. The van der Waals surface area contributed by atoms with E-state index in [0.717, 1.165) is 12.1 Å². The summed E-state index contributed by atoms with van der Waals surface area (Å²) in [6.07, 6.45) is 2.44. The maximum absolute atomic E-state index is 12.5. The summed E-state index contributed by atoms with van der Waals surface area (Å²) in [6, 6.07) is 24.5. The zero-order valence-corrected chi connectivity index (χ0v) is 38.1. The van der Waals surface area contributed by atoms with Crippen molar-refractivity contribution in [2.45, 2.75) is 47.3 Å². The Labute approximate surface area is 379 Å². The van der Waals surface area contributed by atoms with E-state index in [9.17, 15) is 42.8 Å². The third-order valence-electron chi connectivity index (χ3n) is 9.38. The second-order valence-corrected chi connectivity index (χ2v) is 19.9. The van der Waals surface area contributed by atoms with Gasteiger partial charge in [0, 0.05) is 0 Å². The van der Waals surface area contributed by atoms with Crippen LogP contribution in [-0.4, -0.2) is 51.9 Å². The highest BCUT2D eigenvalue weighted by atomic mass is 32.2. The maximum Gasteiger partial charge on any atom is 0.295 e. The molecule has 0 bridgehead atoms. The minimum atomic E-state index is -4.86. The van der Waals surface area contributed by atoms with Crippen LogP contribution in [-0.2, 0) is 40.5 Å². The van der Waals surface area contributed by atoms with Crippen LogP contribution < -0.4 is 0 Å². The van der Waals surface area contributed by atoms with E-state index in [-0.39, 0.29) is 32.3 Å². The highest BCUT2D eigenvalue weighted by molar-refractivity contribution is 7.86. The first kappa shape index (κ1) is 48.6. The molecule has 0 amide bonds. The Kier molecular flexibility index (Phi) is 14.2. The molecular weight excluding hydrogens is 937 g/mol. The van der Waals surface area contributed by atoms with Gasteiger partial charge in [-0.05, 0) is 158 Å². The van der Waals surface area contributed by atoms with Crippen LogP contribution in [0.5, 0.6) is 0 Å². The van der Waals surface area contributed by atoms with E-state index in [0.29, 0.717) is 56.4 Å². The van der Waals surface area contributed by atoms with Crippen molar-refractivity contribution in [1.29, 1.82) is 0 Å². The average Bonchev–Trinajstić information content (AvgIpc) is 3.24. The molecule has 4 N–H and O–H groups in total. The standard InChI is InChI=1S/C42H36N8O12S4/c1-25-21-39(27(3)19-37(25)47-43-31-11-15-35(16-12-31)63(51,52)53)49-45-33-9-7-29(41(23-33)65(57,58)59)5-6-30-8-10-34(24-42(30)66(60,61)62)46-50-40-22-26(2)38(20-28(40)4)48-44-32-13-17-36(18-14-32)64(54,55)56/h5-24H,1-4H3,(H,51,52,53)(H,54,55,56)(H,57,58,59)(H,60,61,62)/b6-5+,47-43?,48-44?,49-45?,50-46?. The summed E-state index contributed by atoms with van der Waals surface area (Å²) in [7, 11) is -18.4. The maximum atomic E-state index is 12.5. The number of azo groups is 4. The fraction of sp³-hybridized carbons (Fsp3) is 0.0952. The van der Waals surface area contributed by atoms with Crippen molar-refractivity contribution < 1.29 is 51.9 Å². The zero-order valence-electron chi connectivity index (χ0n) is 34.8. The molecule has 0 fully saturated rings. The number of hydrogen-bond donors (Lipinski definition) is 4. The molecule has 0 unspecified atom stereocenters. The van der Waals surface area contributed by atoms with Gasteiger partial charge < -0.3 is 0 Å². The summed E-state index contributed by atoms with van der Waals surface area (Å²) in [4.78, 5) is -1.73. The number of aryl methyl sites for hydroxylation is 4. The van der Waals surface area contributed by atoms with Crippen molar-refractivity contribution in [2.24, 2.45) is 40.9 Å². The Hall–Kier alpha value is -6.90. The van der Waals surface area contributed by atoms with E-state index in [2.05, 4.69) is 40.9 Å². The first-order chi connectivity index (χ1) is 30.8. The van der Waals surface area contributed by atoms with Crippen LogP contribution in [0, 0.1) is 27.7 Å². The van der Waals surface area contributed by atoms with Crippen molar-refractivity contribution in [1.82, 2.24) is 0 Å². The summed E-state index contributed by atoms with van der Waals surface area (Å²) >= 11 is 0. The summed E-state index contributed by atoms with van der Waals surface area (Å²) in [5.74, 6) is 0. The van der Waals surface area contributed by atoms with Crippen molar-refractivity contribution in [3.05, 3.63) is 143 Å². The molecule has 0 aliphatic rings. The van der Waals surface area contributed by atoms with Gasteiger partial charge in [-0.1, -0.05) is 24.3 Å². The third kappa shape index (κ3) is 12.5. The molecule has 24 heteroatoms. The number of hydrogen-bond acceptors (Lipinski definition) is 16. The monoisotopic (exact) mass is 972 g/mol. The Morgan fingerprint density at radius 1 is 0.333 bits per heavy atom. The fourth-order valence-corrected chi connectivity index (χ4v) is 8.26. The van der Waals surface area contributed by atoms with Gasteiger partial charge in [-0.2, -0.15) is 74.6 Å². The van der Waals surface area contributed by atoms with E-state index < -0.39 is 50.3 Å². The van der Waals surface area contributed by atoms with Gasteiger partial charge in [0.15, 0.2) is 0 Å². The van der Waals surface area contributed by atoms with Gasteiger partial charge in [-0.3, -0.25) is 18.2 Å².